The number of benzene rings is 2. The smallest absolute Gasteiger partial charge is 0.115 e. The van der Waals surface area contributed by atoms with Crippen molar-refractivity contribution in [3.05, 3.63) is 65.2 Å². The molecule has 2 rings (SSSR count). The molecule has 112 valence electrons. The molecule has 0 saturated heterocycles. The molecule has 0 radical (unpaired) electrons. The number of aromatic hydroxyl groups is 1. The van der Waals surface area contributed by atoms with Crippen molar-refractivity contribution in [2.45, 2.75) is 45.7 Å². The minimum atomic E-state index is 0.241. The SMILES string of the molecule is CC(C)c1ccc(C(C)NC(C)c2ccc(O)cc2)cc1. The second kappa shape index (κ2) is 6.77. The molecule has 0 aliphatic heterocycles. The Bertz CT molecular complexity index is 557. The van der Waals surface area contributed by atoms with Crippen LogP contribution in [0, 0.1) is 0 Å². The van der Waals surface area contributed by atoms with Gasteiger partial charge >= 0.3 is 0 Å². The predicted molar refractivity (Wildman–Crippen MR) is 88.6 cm³/mol. The minimum absolute atomic E-state index is 0.241. The highest BCUT2D eigenvalue weighted by Gasteiger charge is 2.11. The highest BCUT2D eigenvalue weighted by atomic mass is 16.3. The van der Waals surface area contributed by atoms with Crippen molar-refractivity contribution >= 4 is 0 Å². The number of hydrogen-bond acceptors (Lipinski definition) is 2. The van der Waals surface area contributed by atoms with E-state index in [9.17, 15) is 5.11 Å². The first-order valence-corrected chi connectivity index (χ1v) is 7.62. The van der Waals surface area contributed by atoms with E-state index in [4.69, 9.17) is 0 Å². The molecular formula is C19H25NO. The molecule has 2 heteroatoms. The van der Waals surface area contributed by atoms with E-state index >= 15 is 0 Å². The second-order valence-corrected chi connectivity index (χ2v) is 6.02. The number of rotatable bonds is 5. The van der Waals surface area contributed by atoms with Gasteiger partial charge in [0.25, 0.3) is 0 Å². The zero-order valence-corrected chi connectivity index (χ0v) is 13.3. The predicted octanol–water partition coefficient (Wildman–Crippen LogP) is 4.93. The van der Waals surface area contributed by atoms with Crippen LogP contribution in [0.15, 0.2) is 48.5 Å². The molecule has 2 N–H and O–H groups in total. The van der Waals surface area contributed by atoms with E-state index in [1.807, 2.05) is 12.1 Å². The number of phenols is 1. The van der Waals surface area contributed by atoms with Crippen LogP contribution in [0.1, 0.15) is 62.4 Å². The lowest BCUT2D eigenvalue weighted by molar-refractivity contribution is 0.472. The molecule has 0 bridgehead atoms. The topological polar surface area (TPSA) is 32.3 Å². The summed E-state index contributed by atoms with van der Waals surface area (Å²) in [5.74, 6) is 0.876. The Hall–Kier alpha value is -1.80. The number of nitrogens with one attached hydrogen (secondary N) is 1. The van der Waals surface area contributed by atoms with Crippen LogP contribution in [-0.4, -0.2) is 5.11 Å². The third-order valence-corrected chi connectivity index (χ3v) is 4.00. The Morgan fingerprint density at radius 1 is 0.667 bits per heavy atom. The van der Waals surface area contributed by atoms with Gasteiger partial charge in [0.1, 0.15) is 5.75 Å². The first-order valence-electron chi connectivity index (χ1n) is 7.62. The molecule has 2 nitrogen and oxygen atoms in total. The van der Waals surface area contributed by atoms with E-state index in [2.05, 4.69) is 57.3 Å². The van der Waals surface area contributed by atoms with Crippen molar-refractivity contribution in [2.75, 3.05) is 0 Å². The Morgan fingerprint density at radius 3 is 1.48 bits per heavy atom. The van der Waals surface area contributed by atoms with Gasteiger partial charge < -0.3 is 10.4 Å². The van der Waals surface area contributed by atoms with Crippen LogP contribution in [-0.2, 0) is 0 Å². The van der Waals surface area contributed by atoms with Gasteiger partial charge in [-0.25, -0.2) is 0 Å². The Labute approximate surface area is 127 Å². The molecular weight excluding hydrogens is 258 g/mol. The van der Waals surface area contributed by atoms with E-state index in [0.29, 0.717) is 11.7 Å². The Morgan fingerprint density at radius 2 is 1.05 bits per heavy atom. The van der Waals surface area contributed by atoms with Gasteiger partial charge in [-0.1, -0.05) is 50.2 Å². The summed E-state index contributed by atoms with van der Waals surface area (Å²) in [5, 5.41) is 12.9. The monoisotopic (exact) mass is 283 g/mol. The Balaban J connectivity index is 2.03. The summed E-state index contributed by atoms with van der Waals surface area (Å²) in [6.45, 7) is 8.75. The maximum absolute atomic E-state index is 9.35. The fraction of sp³-hybridized carbons (Fsp3) is 0.368. The first-order chi connectivity index (χ1) is 9.97. The van der Waals surface area contributed by atoms with Gasteiger partial charge in [0.15, 0.2) is 0 Å². The lowest BCUT2D eigenvalue weighted by atomic mass is 9.99. The summed E-state index contributed by atoms with van der Waals surface area (Å²) >= 11 is 0. The van der Waals surface area contributed by atoms with Gasteiger partial charge in [-0.2, -0.15) is 0 Å². The first kappa shape index (κ1) is 15.6. The van der Waals surface area contributed by atoms with E-state index in [1.54, 1.807) is 12.1 Å². The third kappa shape index (κ3) is 4.08. The van der Waals surface area contributed by atoms with Gasteiger partial charge in [-0.05, 0) is 48.6 Å². The molecule has 2 aromatic carbocycles. The number of phenolic OH excluding ortho intramolecular Hbond substituents is 1. The maximum atomic E-state index is 9.35. The fourth-order valence-corrected chi connectivity index (χ4v) is 2.50. The van der Waals surface area contributed by atoms with Gasteiger partial charge in [-0.3, -0.25) is 0 Å². The second-order valence-electron chi connectivity index (χ2n) is 6.02. The van der Waals surface area contributed by atoms with Crippen molar-refractivity contribution < 1.29 is 5.11 Å². The van der Waals surface area contributed by atoms with Crippen LogP contribution in [0.3, 0.4) is 0 Å². The van der Waals surface area contributed by atoms with Gasteiger partial charge in [0, 0.05) is 12.1 Å². The largest absolute Gasteiger partial charge is 0.508 e. The summed E-state index contributed by atoms with van der Waals surface area (Å²) in [6, 6.07) is 16.7. The molecule has 0 saturated carbocycles. The molecule has 0 aromatic heterocycles. The molecule has 0 aliphatic rings. The van der Waals surface area contributed by atoms with Gasteiger partial charge in [0.2, 0.25) is 0 Å². The molecule has 2 aromatic rings. The third-order valence-electron chi connectivity index (χ3n) is 4.00. The van der Waals surface area contributed by atoms with Crippen LogP contribution in [0.2, 0.25) is 0 Å². The van der Waals surface area contributed by atoms with Gasteiger partial charge in [-0.15, -0.1) is 0 Å². The molecule has 0 aliphatic carbocycles. The number of hydrogen-bond donors (Lipinski definition) is 2. The van der Waals surface area contributed by atoms with Crippen LogP contribution >= 0.6 is 0 Å². The molecule has 0 amide bonds. The van der Waals surface area contributed by atoms with Crippen molar-refractivity contribution in [2.24, 2.45) is 0 Å². The van der Waals surface area contributed by atoms with Crippen LogP contribution in [0.4, 0.5) is 0 Å². The Kier molecular flexibility index (Phi) is 5.03. The molecule has 0 fully saturated rings. The fourth-order valence-electron chi connectivity index (χ4n) is 2.50. The summed E-state index contributed by atoms with van der Waals surface area (Å²) in [7, 11) is 0. The summed E-state index contributed by atoms with van der Waals surface area (Å²) in [5.41, 5.74) is 3.85. The van der Waals surface area contributed by atoms with Crippen molar-refractivity contribution in [1.82, 2.24) is 5.32 Å². The average molecular weight is 283 g/mol. The van der Waals surface area contributed by atoms with Crippen LogP contribution in [0.25, 0.3) is 0 Å². The zero-order chi connectivity index (χ0) is 15.4. The van der Waals surface area contributed by atoms with Gasteiger partial charge in [0.05, 0.1) is 0 Å². The van der Waals surface area contributed by atoms with E-state index < -0.39 is 0 Å². The lowest BCUT2D eigenvalue weighted by Gasteiger charge is -2.21. The molecule has 2 atom stereocenters. The van der Waals surface area contributed by atoms with Crippen molar-refractivity contribution in [1.29, 1.82) is 0 Å². The summed E-state index contributed by atoms with van der Waals surface area (Å²) < 4.78 is 0. The quantitative estimate of drug-likeness (QED) is 0.815. The van der Waals surface area contributed by atoms with E-state index in [-0.39, 0.29) is 12.1 Å². The molecule has 2 unspecified atom stereocenters. The molecule has 0 heterocycles. The zero-order valence-electron chi connectivity index (χ0n) is 13.3. The highest BCUT2D eigenvalue weighted by molar-refractivity contribution is 5.29. The van der Waals surface area contributed by atoms with Crippen molar-refractivity contribution in [3.63, 3.8) is 0 Å². The van der Waals surface area contributed by atoms with Crippen LogP contribution < -0.4 is 5.32 Å². The van der Waals surface area contributed by atoms with Crippen LogP contribution in [0.5, 0.6) is 5.75 Å². The molecule has 21 heavy (non-hydrogen) atoms. The minimum Gasteiger partial charge on any atom is -0.508 e. The van der Waals surface area contributed by atoms with E-state index in [0.717, 1.165) is 0 Å². The van der Waals surface area contributed by atoms with E-state index in [1.165, 1.54) is 16.7 Å². The maximum Gasteiger partial charge on any atom is 0.115 e. The standard InChI is InChI=1S/C19H25NO/c1-13(2)16-5-7-17(8-6-16)14(3)20-15(4)18-9-11-19(21)12-10-18/h5-15,20-21H,1-4H3. The summed E-state index contributed by atoms with van der Waals surface area (Å²) in [4.78, 5) is 0. The highest BCUT2D eigenvalue weighted by Crippen LogP contribution is 2.22. The normalized spacial score (nSPS) is 14.1. The van der Waals surface area contributed by atoms with Crippen molar-refractivity contribution in [3.8, 4) is 5.75 Å². The summed E-state index contributed by atoms with van der Waals surface area (Å²) in [6.07, 6.45) is 0. The molecule has 0 spiro atoms. The average Bonchev–Trinajstić information content (AvgIpc) is 2.47. The lowest BCUT2D eigenvalue weighted by Crippen LogP contribution is -2.22.